The van der Waals surface area contributed by atoms with Crippen molar-refractivity contribution in [1.82, 2.24) is 4.98 Å². The van der Waals surface area contributed by atoms with Gasteiger partial charge in [0.15, 0.2) is 10.4 Å². The zero-order chi connectivity index (χ0) is 16.8. The highest BCUT2D eigenvalue weighted by molar-refractivity contribution is 9.10. The summed E-state index contributed by atoms with van der Waals surface area (Å²) < 4.78 is 11.6. The molecule has 2 aromatic rings. The molecule has 0 saturated carbocycles. The lowest BCUT2D eigenvalue weighted by molar-refractivity contribution is 0.0729. The Hall–Kier alpha value is -2.08. The van der Waals surface area contributed by atoms with E-state index in [4.69, 9.17) is 15.2 Å². The summed E-state index contributed by atoms with van der Waals surface area (Å²) in [5.74, 6) is 0.573. The largest absolute Gasteiger partial charge is 0.490 e. The first-order chi connectivity index (χ1) is 11.0. The van der Waals surface area contributed by atoms with E-state index in [9.17, 15) is 4.79 Å². The molecule has 1 aromatic carbocycles. The van der Waals surface area contributed by atoms with Gasteiger partial charge in [-0.1, -0.05) is 31.5 Å². The number of nitrogens with two attached hydrogens (primary N) is 1. The molecule has 5 nitrogen and oxygen atoms in total. The Morgan fingerprint density at radius 2 is 2.00 bits per heavy atom. The van der Waals surface area contributed by atoms with Crippen molar-refractivity contribution in [2.45, 2.75) is 26.7 Å². The number of ether oxygens (including phenoxy) is 2. The smallest absolute Gasteiger partial charge is 0.347 e. The monoisotopic (exact) mass is 378 g/mol. The Bertz CT molecular complexity index is 690. The van der Waals surface area contributed by atoms with Crippen LogP contribution in [0, 0.1) is 6.92 Å². The number of halogens is 1. The number of hydrogen-bond donors (Lipinski definition) is 1. The molecule has 0 fully saturated rings. The van der Waals surface area contributed by atoms with Gasteiger partial charge in [-0.2, -0.15) is 0 Å². The molecular formula is C17H19BrN2O3. The number of aromatic nitrogens is 1. The molecule has 0 radical (unpaired) electrons. The number of nitrogen functional groups attached to an aromatic ring is 1. The minimum atomic E-state index is -0.519. The summed E-state index contributed by atoms with van der Waals surface area (Å²) in [5, 5.41) is 0. The topological polar surface area (TPSA) is 74.4 Å². The summed E-state index contributed by atoms with van der Waals surface area (Å²) in [6.45, 7) is 4.28. The van der Waals surface area contributed by atoms with Crippen LogP contribution >= 0.6 is 15.9 Å². The Balaban J connectivity index is 2.36. The fraction of sp³-hybridized carbons (Fsp3) is 0.294. The fourth-order valence-corrected chi connectivity index (χ4v) is 2.49. The van der Waals surface area contributed by atoms with E-state index in [-0.39, 0.29) is 5.82 Å². The number of carbonyl (C=O) groups excluding carboxylic acids is 1. The number of esters is 1. The highest BCUT2D eigenvalue weighted by Crippen LogP contribution is 2.33. The van der Waals surface area contributed by atoms with Crippen LogP contribution in [-0.2, 0) is 0 Å². The van der Waals surface area contributed by atoms with Crippen LogP contribution in [0.4, 0.5) is 5.82 Å². The highest BCUT2D eigenvalue weighted by atomic mass is 79.9. The van der Waals surface area contributed by atoms with Crippen molar-refractivity contribution in [3.05, 3.63) is 46.1 Å². The van der Waals surface area contributed by atoms with Gasteiger partial charge in [-0.15, -0.1) is 0 Å². The van der Waals surface area contributed by atoms with Crippen molar-refractivity contribution < 1.29 is 14.3 Å². The summed E-state index contributed by atoms with van der Waals surface area (Å²) in [6, 6.07) is 8.87. The van der Waals surface area contributed by atoms with Gasteiger partial charge >= 0.3 is 5.97 Å². The van der Waals surface area contributed by atoms with Crippen molar-refractivity contribution in [1.29, 1.82) is 0 Å². The van der Waals surface area contributed by atoms with E-state index >= 15 is 0 Å². The normalized spacial score (nSPS) is 10.4. The number of benzene rings is 1. The first-order valence-corrected chi connectivity index (χ1v) is 8.19. The van der Waals surface area contributed by atoms with Gasteiger partial charge < -0.3 is 15.2 Å². The molecule has 0 aliphatic rings. The number of carbonyl (C=O) groups is 1. The van der Waals surface area contributed by atoms with E-state index in [0.717, 1.165) is 12.8 Å². The Morgan fingerprint density at radius 1 is 1.30 bits per heavy atom. The molecule has 2 rings (SSSR count). The number of rotatable bonds is 6. The van der Waals surface area contributed by atoms with Crippen molar-refractivity contribution in [2.24, 2.45) is 0 Å². The van der Waals surface area contributed by atoms with Crippen LogP contribution in [0.1, 0.15) is 35.7 Å². The van der Waals surface area contributed by atoms with Crippen LogP contribution in [0.15, 0.2) is 34.9 Å². The van der Waals surface area contributed by atoms with E-state index in [2.05, 4.69) is 27.8 Å². The number of nitrogens with zero attached hydrogens (tertiary/aromatic N) is 1. The first kappa shape index (κ1) is 17.3. The molecule has 1 heterocycles. The van der Waals surface area contributed by atoms with E-state index in [0.29, 0.717) is 33.8 Å². The summed E-state index contributed by atoms with van der Waals surface area (Å²) in [5.41, 5.74) is 6.71. The molecule has 0 aliphatic heterocycles. The van der Waals surface area contributed by atoms with E-state index < -0.39 is 5.97 Å². The van der Waals surface area contributed by atoms with Gasteiger partial charge in [-0.05, 0) is 41.4 Å². The molecule has 0 bridgehead atoms. The molecule has 0 atom stereocenters. The fourth-order valence-electron chi connectivity index (χ4n) is 1.98. The van der Waals surface area contributed by atoms with E-state index in [1.165, 1.54) is 0 Å². The number of hydrogen-bond acceptors (Lipinski definition) is 5. The maximum Gasteiger partial charge on any atom is 0.347 e. The second kappa shape index (κ2) is 7.97. The standard InChI is InChI=1S/C17H19BrN2O3/c1-3-4-10-22-14-13(11(2)16(19)20-15(14)18)17(21)23-12-8-6-5-7-9-12/h5-9H,3-4,10H2,1-2H3,(H2,19,20). The SMILES string of the molecule is CCCCOc1c(Br)nc(N)c(C)c1C(=O)Oc1ccccc1. The van der Waals surface area contributed by atoms with Gasteiger partial charge in [0, 0.05) is 5.56 Å². The second-order valence-corrected chi connectivity index (χ2v) is 5.77. The summed E-state index contributed by atoms with van der Waals surface area (Å²) in [7, 11) is 0. The first-order valence-electron chi connectivity index (χ1n) is 7.40. The molecular weight excluding hydrogens is 360 g/mol. The molecule has 0 saturated heterocycles. The third kappa shape index (κ3) is 4.22. The van der Waals surface area contributed by atoms with Gasteiger partial charge in [0.25, 0.3) is 0 Å². The van der Waals surface area contributed by atoms with E-state index in [1.807, 2.05) is 6.07 Å². The van der Waals surface area contributed by atoms with Crippen LogP contribution in [0.2, 0.25) is 0 Å². The minimum Gasteiger partial charge on any atom is -0.490 e. The predicted octanol–water partition coefficient (Wildman–Crippen LogP) is 4.13. The lowest BCUT2D eigenvalue weighted by Crippen LogP contribution is -2.15. The maximum absolute atomic E-state index is 12.6. The van der Waals surface area contributed by atoms with Gasteiger partial charge in [-0.3, -0.25) is 0 Å². The van der Waals surface area contributed by atoms with Crippen LogP contribution in [-0.4, -0.2) is 17.6 Å². The van der Waals surface area contributed by atoms with Crippen LogP contribution in [0.5, 0.6) is 11.5 Å². The Labute approximate surface area is 143 Å². The zero-order valence-corrected chi connectivity index (χ0v) is 14.7. The Kier molecular flexibility index (Phi) is 5.98. The second-order valence-electron chi connectivity index (χ2n) is 5.02. The maximum atomic E-state index is 12.6. The molecule has 0 aliphatic carbocycles. The molecule has 0 spiro atoms. The Morgan fingerprint density at radius 3 is 2.65 bits per heavy atom. The van der Waals surface area contributed by atoms with Crippen molar-refractivity contribution >= 4 is 27.7 Å². The van der Waals surface area contributed by atoms with Crippen molar-refractivity contribution in [2.75, 3.05) is 12.3 Å². The summed E-state index contributed by atoms with van der Waals surface area (Å²) >= 11 is 3.31. The zero-order valence-electron chi connectivity index (χ0n) is 13.1. The molecule has 23 heavy (non-hydrogen) atoms. The summed E-state index contributed by atoms with van der Waals surface area (Å²) in [4.78, 5) is 16.8. The van der Waals surface area contributed by atoms with Gasteiger partial charge in [-0.25, -0.2) is 9.78 Å². The molecule has 6 heteroatoms. The summed E-state index contributed by atoms with van der Waals surface area (Å²) in [6.07, 6.45) is 1.87. The number of anilines is 1. The average Bonchev–Trinajstić information content (AvgIpc) is 2.53. The molecule has 122 valence electrons. The van der Waals surface area contributed by atoms with Gasteiger partial charge in [0.1, 0.15) is 17.1 Å². The molecule has 0 unspecified atom stereocenters. The van der Waals surface area contributed by atoms with E-state index in [1.54, 1.807) is 31.2 Å². The lowest BCUT2D eigenvalue weighted by Gasteiger charge is -2.15. The predicted molar refractivity (Wildman–Crippen MR) is 92.9 cm³/mol. The molecule has 2 N–H and O–H groups in total. The quantitative estimate of drug-likeness (QED) is 0.354. The number of para-hydroxylation sites is 1. The number of pyridine rings is 1. The molecule has 1 aromatic heterocycles. The van der Waals surface area contributed by atoms with Gasteiger partial charge in [0.2, 0.25) is 0 Å². The third-order valence-corrected chi connectivity index (χ3v) is 3.83. The molecule has 0 amide bonds. The van der Waals surface area contributed by atoms with Crippen molar-refractivity contribution in [3.8, 4) is 11.5 Å². The average molecular weight is 379 g/mol. The minimum absolute atomic E-state index is 0.264. The van der Waals surface area contributed by atoms with Crippen LogP contribution in [0.3, 0.4) is 0 Å². The third-order valence-electron chi connectivity index (χ3n) is 3.29. The van der Waals surface area contributed by atoms with Crippen LogP contribution in [0.25, 0.3) is 0 Å². The van der Waals surface area contributed by atoms with Gasteiger partial charge in [0.05, 0.1) is 6.61 Å². The van der Waals surface area contributed by atoms with Crippen LogP contribution < -0.4 is 15.2 Å². The number of unbranched alkanes of at least 4 members (excludes halogenated alkanes) is 1. The van der Waals surface area contributed by atoms with Crippen molar-refractivity contribution in [3.63, 3.8) is 0 Å². The lowest BCUT2D eigenvalue weighted by atomic mass is 10.1. The highest BCUT2D eigenvalue weighted by Gasteiger charge is 2.24.